The molecule has 2 rings (SSSR count). The van der Waals surface area contributed by atoms with Gasteiger partial charge < -0.3 is 15.8 Å². The van der Waals surface area contributed by atoms with Crippen LogP contribution < -0.4 is 10.5 Å². The van der Waals surface area contributed by atoms with Crippen LogP contribution in [0.2, 0.25) is 0 Å². The molecule has 0 fully saturated rings. The lowest BCUT2D eigenvalue weighted by molar-refractivity contribution is 0.426. The smallest absolute Gasteiger partial charge is 0.423 e. The Morgan fingerprint density at radius 2 is 2.07 bits per heavy atom. The zero-order valence-electron chi connectivity index (χ0n) is 7.07. The Hall–Kier alpha value is -0.555. The summed E-state index contributed by atoms with van der Waals surface area (Å²) in [4.78, 5) is 0. The molecule has 0 spiro atoms. The van der Waals surface area contributed by atoms with E-state index in [4.69, 9.17) is 15.8 Å². The summed E-state index contributed by atoms with van der Waals surface area (Å²) in [6, 6.07) is 5.51. The van der Waals surface area contributed by atoms with E-state index in [0.29, 0.717) is 14.9 Å². The fourth-order valence-corrected chi connectivity index (χ4v) is 3.20. The van der Waals surface area contributed by atoms with Crippen molar-refractivity contribution in [2.24, 2.45) is 0 Å². The number of benzene rings is 1. The maximum atomic E-state index is 9.09. The predicted molar refractivity (Wildman–Crippen MR) is 63.8 cm³/mol. The van der Waals surface area contributed by atoms with E-state index in [1.165, 1.54) is 11.3 Å². The second-order valence-corrected chi connectivity index (χ2v) is 4.72. The molecule has 1 aromatic heterocycles. The molecule has 0 saturated carbocycles. The molecule has 72 valence electrons. The van der Waals surface area contributed by atoms with E-state index in [1.54, 1.807) is 6.07 Å². The lowest BCUT2D eigenvalue weighted by Crippen LogP contribution is -2.27. The fourth-order valence-electron chi connectivity index (χ4n) is 1.30. The van der Waals surface area contributed by atoms with Gasteiger partial charge in [-0.1, -0.05) is 12.1 Å². The average Bonchev–Trinajstić information content (AvgIpc) is 2.46. The van der Waals surface area contributed by atoms with Crippen molar-refractivity contribution in [3.8, 4) is 0 Å². The number of fused-ring (bicyclic) bond motifs is 1. The molecule has 0 atom stereocenters. The molecule has 0 aliphatic carbocycles. The lowest BCUT2D eigenvalue weighted by atomic mass is 9.89. The van der Waals surface area contributed by atoms with Crippen molar-refractivity contribution in [2.45, 2.75) is 0 Å². The zero-order chi connectivity index (χ0) is 10.3. The molecule has 0 unspecified atom stereocenters. The number of nitrogen functional groups attached to an aromatic ring is 1. The SMILES string of the molecule is Nc1cccc2c(Br)c(B(O)O)sc12. The van der Waals surface area contributed by atoms with Crippen LogP contribution >= 0.6 is 27.3 Å². The van der Waals surface area contributed by atoms with Crippen LogP contribution in [0.25, 0.3) is 10.1 Å². The molecule has 0 aliphatic rings. The number of hydrogen-bond donors (Lipinski definition) is 3. The molecule has 14 heavy (non-hydrogen) atoms. The first-order chi connectivity index (χ1) is 6.61. The largest absolute Gasteiger partial charge is 0.500 e. The first kappa shape index (κ1) is 9.98. The van der Waals surface area contributed by atoms with Gasteiger partial charge in [-0.3, -0.25) is 0 Å². The quantitative estimate of drug-likeness (QED) is 0.534. The fraction of sp³-hybridized carbons (Fsp3) is 0. The number of nitrogens with two attached hydrogens (primary N) is 1. The molecule has 1 aromatic carbocycles. The minimum absolute atomic E-state index is 0.484. The van der Waals surface area contributed by atoms with Gasteiger partial charge in [0.2, 0.25) is 0 Å². The standard InChI is InChI=1S/C8H7BBrNO2S/c10-6-4-2-1-3-5(11)7(4)14-8(6)9(12)13/h1-3,12-13H,11H2. The first-order valence-electron chi connectivity index (χ1n) is 3.93. The minimum atomic E-state index is -1.46. The van der Waals surface area contributed by atoms with Crippen LogP contribution in [-0.2, 0) is 0 Å². The number of halogens is 1. The third-order valence-corrected chi connectivity index (χ3v) is 4.36. The predicted octanol–water partition coefficient (Wildman–Crippen LogP) is 0.926. The maximum absolute atomic E-state index is 9.09. The number of thiophene rings is 1. The normalized spacial score (nSPS) is 10.8. The molecular weight excluding hydrogens is 265 g/mol. The molecule has 0 bridgehead atoms. The van der Waals surface area contributed by atoms with E-state index >= 15 is 0 Å². The number of hydrogen-bond acceptors (Lipinski definition) is 4. The summed E-state index contributed by atoms with van der Waals surface area (Å²) in [5, 5.41) is 19.1. The molecule has 4 N–H and O–H groups in total. The Kier molecular flexibility index (Phi) is 2.53. The van der Waals surface area contributed by atoms with Gasteiger partial charge in [0.15, 0.2) is 0 Å². The van der Waals surface area contributed by atoms with Crippen molar-refractivity contribution < 1.29 is 10.0 Å². The van der Waals surface area contributed by atoms with Gasteiger partial charge in [-0.2, -0.15) is 0 Å². The van der Waals surface area contributed by atoms with Crippen LogP contribution in [0.1, 0.15) is 0 Å². The molecule has 0 amide bonds. The zero-order valence-corrected chi connectivity index (χ0v) is 9.47. The molecule has 2 aromatic rings. The van der Waals surface area contributed by atoms with Gasteiger partial charge in [0, 0.05) is 15.5 Å². The summed E-state index contributed by atoms with van der Waals surface area (Å²) in [6.45, 7) is 0. The highest BCUT2D eigenvalue weighted by molar-refractivity contribution is 9.11. The van der Waals surface area contributed by atoms with Gasteiger partial charge in [0.1, 0.15) is 0 Å². The third kappa shape index (κ3) is 1.44. The van der Waals surface area contributed by atoms with Gasteiger partial charge in [-0.05, 0) is 22.0 Å². The molecule has 0 radical (unpaired) electrons. The van der Waals surface area contributed by atoms with Gasteiger partial charge in [0.05, 0.1) is 9.48 Å². The molecule has 1 heterocycles. The highest BCUT2D eigenvalue weighted by Crippen LogP contribution is 2.32. The Labute approximate surface area is 93.4 Å². The van der Waals surface area contributed by atoms with E-state index in [9.17, 15) is 0 Å². The lowest BCUT2D eigenvalue weighted by Gasteiger charge is -1.94. The van der Waals surface area contributed by atoms with Crippen LogP contribution in [0.3, 0.4) is 0 Å². The van der Waals surface area contributed by atoms with Crippen molar-refractivity contribution in [1.29, 1.82) is 0 Å². The van der Waals surface area contributed by atoms with Gasteiger partial charge in [-0.25, -0.2) is 0 Å². The number of rotatable bonds is 1. The van der Waals surface area contributed by atoms with E-state index < -0.39 is 7.12 Å². The number of anilines is 1. The summed E-state index contributed by atoms with van der Waals surface area (Å²) >= 11 is 4.61. The summed E-state index contributed by atoms with van der Waals surface area (Å²) in [5.41, 5.74) is 6.42. The molecule has 6 heteroatoms. The topological polar surface area (TPSA) is 66.5 Å². The van der Waals surface area contributed by atoms with Crippen molar-refractivity contribution in [2.75, 3.05) is 5.73 Å². The van der Waals surface area contributed by atoms with Crippen molar-refractivity contribution in [1.82, 2.24) is 0 Å². The Balaban J connectivity index is 2.80. The second-order valence-electron chi connectivity index (χ2n) is 2.88. The average molecular weight is 272 g/mol. The van der Waals surface area contributed by atoms with E-state index in [0.717, 1.165) is 10.1 Å². The molecule has 0 aliphatic heterocycles. The Morgan fingerprint density at radius 3 is 2.64 bits per heavy atom. The first-order valence-corrected chi connectivity index (χ1v) is 5.54. The van der Waals surface area contributed by atoms with Crippen molar-refractivity contribution >= 4 is 54.9 Å². The van der Waals surface area contributed by atoms with Crippen LogP contribution in [0.15, 0.2) is 22.7 Å². The Bertz CT molecular complexity index is 485. The van der Waals surface area contributed by atoms with E-state index in [2.05, 4.69) is 15.9 Å². The van der Waals surface area contributed by atoms with Crippen molar-refractivity contribution in [3.05, 3.63) is 22.7 Å². The van der Waals surface area contributed by atoms with Crippen LogP contribution in [0.4, 0.5) is 5.69 Å². The van der Waals surface area contributed by atoms with E-state index in [-0.39, 0.29) is 0 Å². The molecular formula is C8H7BBrNO2S. The summed E-state index contributed by atoms with van der Waals surface area (Å²) in [6.07, 6.45) is 0. The minimum Gasteiger partial charge on any atom is -0.423 e. The summed E-state index contributed by atoms with van der Waals surface area (Å²) in [7, 11) is -1.46. The monoisotopic (exact) mass is 271 g/mol. The highest BCUT2D eigenvalue weighted by Gasteiger charge is 2.20. The highest BCUT2D eigenvalue weighted by atomic mass is 79.9. The van der Waals surface area contributed by atoms with Crippen LogP contribution in [0, 0.1) is 0 Å². The van der Waals surface area contributed by atoms with E-state index in [1.807, 2.05) is 12.1 Å². The van der Waals surface area contributed by atoms with Gasteiger partial charge in [-0.15, -0.1) is 11.3 Å². The third-order valence-electron chi connectivity index (χ3n) is 1.94. The van der Waals surface area contributed by atoms with Crippen molar-refractivity contribution in [3.63, 3.8) is 0 Å². The van der Waals surface area contributed by atoms with Gasteiger partial charge >= 0.3 is 7.12 Å². The van der Waals surface area contributed by atoms with Crippen LogP contribution in [0.5, 0.6) is 0 Å². The maximum Gasteiger partial charge on any atom is 0.500 e. The second kappa shape index (κ2) is 3.54. The summed E-state index contributed by atoms with van der Waals surface area (Å²) in [5.74, 6) is 0. The summed E-state index contributed by atoms with van der Waals surface area (Å²) < 4.78 is 2.07. The molecule has 0 saturated heterocycles. The van der Waals surface area contributed by atoms with Gasteiger partial charge in [0.25, 0.3) is 0 Å². The Morgan fingerprint density at radius 1 is 1.36 bits per heavy atom. The van der Waals surface area contributed by atoms with Crippen LogP contribution in [-0.4, -0.2) is 17.2 Å². The molecule has 3 nitrogen and oxygen atoms in total.